The first-order chi connectivity index (χ1) is 7.90. The Hall–Kier alpha value is -0.930. The normalized spacial score (nSPS) is 22.9. The van der Waals surface area contributed by atoms with Gasteiger partial charge in [-0.15, -0.1) is 0 Å². The molecule has 1 saturated heterocycles. The number of aromatic nitrogens is 1. The van der Waals surface area contributed by atoms with Crippen LogP contribution in [0.5, 0.6) is 0 Å². The van der Waals surface area contributed by atoms with E-state index in [-0.39, 0.29) is 0 Å². The summed E-state index contributed by atoms with van der Waals surface area (Å²) in [6, 6.07) is 4.64. The standard InChI is InChI=1S/C13H20N2O/c1-14-13(12-5-3-7-16-10-12)8-11-4-2-6-15-9-11/h2,4,6,9,12-14H,3,5,7-8,10H2,1H3. The van der Waals surface area contributed by atoms with E-state index < -0.39 is 0 Å². The summed E-state index contributed by atoms with van der Waals surface area (Å²) in [4.78, 5) is 4.16. The van der Waals surface area contributed by atoms with E-state index in [0.717, 1.165) is 19.6 Å². The SMILES string of the molecule is CNC(Cc1cccnc1)C1CCCOC1. The van der Waals surface area contributed by atoms with Crippen LogP contribution in [0, 0.1) is 5.92 Å². The van der Waals surface area contributed by atoms with Gasteiger partial charge >= 0.3 is 0 Å². The molecule has 1 aliphatic heterocycles. The molecular weight excluding hydrogens is 200 g/mol. The molecule has 2 atom stereocenters. The topological polar surface area (TPSA) is 34.2 Å². The third-order valence-corrected chi connectivity index (χ3v) is 3.31. The van der Waals surface area contributed by atoms with Gasteiger partial charge in [-0.2, -0.15) is 0 Å². The minimum atomic E-state index is 0.504. The Morgan fingerprint density at radius 1 is 1.62 bits per heavy atom. The van der Waals surface area contributed by atoms with Crippen LogP contribution in [0.2, 0.25) is 0 Å². The Morgan fingerprint density at radius 2 is 2.56 bits per heavy atom. The van der Waals surface area contributed by atoms with Crippen LogP contribution in [0.15, 0.2) is 24.5 Å². The summed E-state index contributed by atoms with van der Waals surface area (Å²) in [5.41, 5.74) is 1.30. The van der Waals surface area contributed by atoms with Crippen molar-refractivity contribution in [2.75, 3.05) is 20.3 Å². The fourth-order valence-electron chi connectivity index (χ4n) is 2.36. The van der Waals surface area contributed by atoms with E-state index in [0.29, 0.717) is 12.0 Å². The van der Waals surface area contributed by atoms with Gasteiger partial charge in [0.15, 0.2) is 0 Å². The second kappa shape index (κ2) is 5.97. The molecule has 0 bridgehead atoms. The third kappa shape index (κ3) is 3.03. The molecule has 2 heterocycles. The molecule has 2 rings (SSSR count). The van der Waals surface area contributed by atoms with Crippen LogP contribution in [0.4, 0.5) is 0 Å². The smallest absolute Gasteiger partial charge is 0.0509 e. The fraction of sp³-hybridized carbons (Fsp3) is 0.615. The summed E-state index contributed by atoms with van der Waals surface area (Å²) >= 11 is 0. The van der Waals surface area contributed by atoms with Crippen LogP contribution in [0.3, 0.4) is 0 Å². The highest BCUT2D eigenvalue weighted by Crippen LogP contribution is 2.19. The lowest BCUT2D eigenvalue weighted by molar-refractivity contribution is 0.0405. The van der Waals surface area contributed by atoms with Crippen LogP contribution in [-0.4, -0.2) is 31.3 Å². The molecule has 0 saturated carbocycles. The predicted molar refractivity (Wildman–Crippen MR) is 64.3 cm³/mol. The van der Waals surface area contributed by atoms with E-state index in [4.69, 9.17) is 4.74 Å². The fourth-order valence-corrected chi connectivity index (χ4v) is 2.36. The zero-order chi connectivity index (χ0) is 11.2. The molecule has 0 aromatic carbocycles. The molecule has 2 unspecified atom stereocenters. The largest absolute Gasteiger partial charge is 0.381 e. The van der Waals surface area contributed by atoms with Crippen LogP contribution in [0.25, 0.3) is 0 Å². The first-order valence-corrected chi connectivity index (χ1v) is 6.04. The highest BCUT2D eigenvalue weighted by Gasteiger charge is 2.22. The molecule has 1 aliphatic rings. The highest BCUT2D eigenvalue weighted by molar-refractivity contribution is 5.10. The van der Waals surface area contributed by atoms with E-state index >= 15 is 0 Å². The van der Waals surface area contributed by atoms with E-state index in [1.807, 2.05) is 25.5 Å². The van der Waals surface area contributed by atoms with Crippen molar-refractivity contribution in [3.8, 4) is 0 Å². The number of ether oxygens (including phenoxy) is 1. The van der Waals surface area contributed by atoms with Crippen LogP contribution in [-0.2, 0) is 11.2 Å². The summed E-state index contributed by atoms with van der Waals surface area (Å²) in [6.45, 7) is 1.82. The number of likely N-dealkylation sites (N-methyl/N-ethyl adjacent to an activating group) is 1. The Labute approximate surface area is 97.2 Å². The van der Waals surface area contributed by atoms with Gasteiger partial charge in [-0.25, -0.2) is 0 Å². The summed E-state index contributed by atoms with van der Waals surface area (Å²) in [6.07, 6.45) is 7.27. The van der Waals surface area contributed by atoms with Crippen LogP contribution < -0.4 is 5.32 Å². The van der Waals surface area contributed by atoms with Gasteiger partial charge in [0.1, 0.15) is 0 Å². The van der Waals surface area contributed by atoms with Crippen molar-refractivity contribution in [3.05, 3.63) is 30.1 Å². The van der Waals surface area contributed by atoms with Crippen molar-refractivity contribution in [3.63, 3.8) is 0 Å². The maximum atomic E-state index is 5.55. The van der Waals surface area contributed by atoms with E-state index in [1.54, 1.807) is 0 Å². The lowest BCUT2D eigenvalue weighted by Gasteiger charge is -2.30. The maximum Gasteiger partial charge on any atom is 0.0509 e. The third-order valence-electron chi connectivity index (χ3n) is 3.31. The van der Waals surface area contributed by atoms with Crippen molar-refractivity contribution in [1.29, 1.82) is 0 Å². The molecular formula is C13H20N2O. The molecule has 0 amide bonds. The van der Waals surface area contributed by atoms with E-state index in [1.165, 1.54) is 18.4 Å². The Balaban J connectivity index is 1.94. The predicted octanol–water partition coefficient (Wildman–Crippen LogP) is 1.64. The van der Waals surface area contributed by atoms with Crippen molar-refractivity contribution in [2.24, 2.45) is 5.92 Å². The zero-order valence-corrected chi connectivity index (χ0v) is 9.86. The van der Waals surface area contributed by atoms with Gasteiger partial charge in [0.05, 0.1) is 6.61 Å². The van der Waals surface area contributed by atoms with Crippen LogP contribution >= 0.6 is 0 Å². The summed E-state index contributed by atoms with van der Waals surface area (Å²) < 4.78 is 5.55. The molecule has 1 aromatic heterocycles. The molecule has 1 N–H and O–H groups in total. The average molecular weight is 220 g/mol. The number of hydrogen-bond acceptors (Lipinski definition) is 3. The van der Waals surface area contributed by atoms with Gasteiger partial charge in [0.2, 0.25) is 0 Å². The van der Waals surface area contributed by atoms with E-state index in [9.17, 15) is 0 Å². The minimum absolute atomic E-state index is 0.504. The lowest BCUT2D eigenvalue weighted by Crippen LogP contribution is -2.39. The van der Waals surface area contributed by atoms with Crippen molar-refractivity contribution < 1.29 is 4.74 Å². The number of rotatable bonds is 4. The van der Waals surface area contributed by atoms with Crippen molar-refractivity contribution in [1.82, 2.24) is 10.3 Å². The quantitative estimate of drug-likeness (QED) is 0.837. The number of nitrogens with zero attached hydrogens (tertiary/aromatic N) is 1. The van der Waals surface area contributed by atoms with Gasteiger partial charge in [-0.05, 0) is 43.9 Å². The first kappa shape index (κ1) is 11.6. The zero-order valence-electron chi connectivity index (χ0n) is 9.86. The van der Waals surface area contributed by atoms with Gasteiger partial charge in [0.25, 0.3) is 0 Å². The molecule has 88 valence electrons. The molecule has 3 nitrogen and oxygen atoms in total. The van der Waals surface area contributed by atoms with Crippen molar-refractivity contribution in [2.45, 2.75) is 25.3 Å². The van der Waals surface area contributed by atoms with Gasteiger partial charge < -0.3 is 10.1 Å². The molecule has 0 spiro atoms. The first-order valence-electron chi connectivity index (χ1n) is 6.04. The number of nitrogens with one attached hydrogen (secondary N) is 1. The summed E-state index contributed by atoms with van der Waals surface area (Å²) in [5, 5.41) is 3.41. The minimum Gasteiger partial charge on any atom is -0.381 e. The molecule has 3 heteroatoms. The second-order valence-corrected chi connectivity index (χ2v) is 4.44. The second-order valence-electron chi connectivity index (χ2n) is 4.44. The Bertz CT molecular complexity index is 296. The molecule has 16 heavy (non-hydrogen) atoms. The maximum absolute atomic E-state index is 5.55. The summed E-state index contributed by atoms with van der Waals surface area (Å²) in [7, 11) is 2.04. The Kier molecular flexibility index (Phi) is 4.31. The molecule has 0 radical (unpaired) electrons. The molecule has 1 fully saturated rings. The van der Waals surface area contributed by atoms with Gasteiger partial charge in [-0.3, -0.25) is 4.98 Å². The average Bonchev–Trinajstić information content (AvgIpc) is 2.38. The van der Waals surface area contributed by atoms with Gasteiger partial charge in [0, 0.05) is 25.0 Å². The molecule has 0 aliphatic carbocycles. The summed E-state index contributed by atoms with van der Waals surface area (Å²) in [5.74, 6) is 0.638. The van der Waals surface area contributed by atoms with Gasteiger partial charge in [-0.1, -0.05) is 6.07 Å². The van der Waals surface area contributed by atoms with Crippen LogP contribution in [0.1, 0.15) is 18.4 Å². The number of pyridine rings is 1. The number of hydrogen-bond donors (Lipinski definition) is 1. The van der Waals surface area contributed by atoms with Crippen molar-refractivity contribution >= 4 is 0 Å². The monoisotopic (exact) mass is 220 g/mol. The van der Waals surface area contributed by atoms with E-state index in [2.05, 4.69) is 16.4 Å². The lowest BCUT2D eigenvalue weighted by atomic mass is 9.90. The Morgan fingerprint density at radius 3 is 3.19 bits per heavy atom. The molecule has 1 aromatic rings. The highest BCUT2D eigenvalue weighted by atomic mass is 16.5.